The highest BCUT2D eigenvalue weighted by Gasteiger charge is 2.40. The molecule has 1 fully saturated rings. The molecule has 1 aliphatic carbocycles. The van der Waals surface area contributed by atoms with Gasteiger partial charge in [-0.2, -0.15) is 0 Å². The Hall–Kier alpha value is -2.28. The van der Waals surface area contributed by atoms with Gasteiger partial charge >= 0.3 is 0 Å². The van der Waals surface area contributed by atoms with Crippen LogP contribution < -0.4 is 11.1 Å². The van der Waals surface area contributed by atoms with Gasteiger partial charge in [0.05, 0.1) is 5.54 Å². The van der Waals surface area contributed by atoms with E-state index in [0.717, 1.165) is 24.8 Å². The van der Waals surface area contributed by atoms with E-state index in [1.807, 2.05) is 24.3 Å². The summed E-state index contributed by atoms with van der Waals surface area (Å²) >= 11 is 0. The Bertz CT molecular complexity index is 646. The maximum atomic E-state index is 12.1. The van der Waals surface area contributed by atoms with Gasteiger partial charge in [-0.25, -0.2) is 4.68 Å². The predicted molar refractivity (Wildman–Crippen MR) is 73.6 cm³/mol. The van der Waals surface area contributed by atoms with E-state index >= 15 is 0 Å². The van der Waals surface area contributed by atoms with Crippen LogP contribution in [0.2, 0.25) is 0 Å². The maximum absolute atomic E-state index is 12.1. The Labute approximate surface area is 116 Å². The van der Waals surface area contributed by atoms with Crippen molar-refractivity contribution >= 4 is 11.6 Å². The molecule has 20 heavy (non-hydrogen) atoms. The summed E-state index contributed by atoms with van der Waals surface area (Å²) in [6.45, 7) is 0. The number of hydrogen-bond acceptors (Lipinski definition) is 5. The second-order valence-electron chi connectivity index (χ2n) is 5.17. The molecule has 0 bridgehead atoms. The summed E-state index contributed by atoms with van der Waals surface area (Å²) in [6, 6.07) is 7.41. The minimum absolute atomic E-state index is 0.128. The summed E-state index contributed by atoms with van der Waals surface area (Å²) in [5.41, 5.74) is 6.84. The first-order valence-electron chi connectivity index (χ1n) is 6.52. The van der Waals surface area contributed by atoms with Crippen LogP contribution in [0.5, 0.6) is 0 Å². The molecule has 3 rings (SSSR count). The molecule has 1 aliphatic rings. The Kier molecular flexibility index (Phi) is 2.98. The van der Waals surface area contributed by atoms with Crippen molar-refractivity contribution in [2.24, 2.45) is 12.8 Å². The number of hydrogen-bond donors (Lipinski definition) is 2. The van der Waals surface area contributed by atoms with Crippen molar-refractivity contribution < 1.29 is 4.79 Å². The van der Waals surface area contributed by atoms with Crippen molar-refractivity contribution in [2.75, 3.05) is 5.32 Å². The second kappa shape index (κ2) is 4.68. The van der Waals surface area contributed by atoms with Gasteiger partial charge in [-0.3, -0.25) is 4.79 Å². The third kappa shape index (κ3) is 2.16. The number of rotatable bonds is 3. The molecule has 0 aliphatic heterocycles. The van der Waals surface area contributed by atoms with Gasteiger partial charge < -0.3 is 11.1 Å². The number of benzene rings is 1. The van der Waals surface area contributed by atoms with Gasteiger partial charge in [-0.15, -0.1) is 5.10 Å². The lowest BCUT2D eigenvalue weighted by atomic mass is 9.77. The summed E-state index contributed by atoms with van der Waals surface area (Å²) in [5, 5.41) is 14.2. The van der Waals surface area contributed by atoms with Crippen molar-refractivity contribution in [1.82, 2.24) is 20.2 Å². The van der Waals surface area contributed by atoms with Crippen LogP contribution in [-0.4, -0.2) is 31.7 Å². The lowest BCUT2D eigenvalue weighted by Gasteiger charge is -2.36. The van der Waals surface area contributed by atoms with E-state index in [2.05, 4.69) is 20.8 Å². The summed E-state index contributed by atoms with van der Waals surface area (Å²) in [6.07, 6.45) is 2.49. The van der Waals surface area contributed by atoms with E-state index < -0.39 is 5.54 Å². The number of nitrogens with two attached hydrogens (primary N) is 1. The first-order chi connectivity index (χ1) is 9.58. The third-order valence-corrected chi connectivity index (χ3v) is 3.70. The Morgan fingerprint density at radius 2 is 2.25 bits per heavy atom. The number of aromatic nitrogens is 4. The molecule has 1 aromatic heterocycles. The molecular formula is C13H16N6O. The number of amides is 1. The minimum atomic E-state index is -0.706. The molecule has 3 N–H and O–H groups in total. The minimum Gasteiger partial charge on any atom is -0.324 e. The van der Waals surface area contributed by atoms with Crippen LogP contribution in [0.15, 0.2) is 24.3 Å². The highest BCUT2D eigenvalue weighted by molar-refractivity contribution is 5.98. The number of nitrogens with one attached hydrogen (secondary N) is 1. The van der Waals surface area contributed by atoms with Crippen molar-refractivity contribution in [3.8, 4) is 11.4 Å². The highest BCUT2D eigenvalue weighted by Crippen LogP contribution is 2.30. The van der Waals surface area contributed by atoms with Gasteiger partial charge in [-0.1, -0.05) is 12.1 Å². The zero-order chi connectivity index (χ0) is 14.2. The number of anilines is 1. The van der Waals surface area contributed by atoms with E-state index in [0.29, 0.717) is 11.5 Å². The van der Waals surface area contributed by atoms with Gasteiger partial charge in [0, 0.05) is 18.3 Å². The zero-order valence-corrected chi connectivity index (χ0v) is 11.2. The second-order valence-corrected chi connectivity index (χ2v) is 5.17. The largest absolute Gasteiger partial charge is 0.324 e. The molecule has 1 aromatic carbocycles. The van der Waals surface area contributed by atoms with Crippen LogP contribution in [0.25, 0.3) is 11.4 Å². The van der Waals surface area contributed by atoms with Gasteiger partial charge in [0.1, 0.15) is 0 Å². The molecule has 0 atom stereocenters. The molecule has 1 saturated carbocycles. The van der Waals surface area contributed by atoms with Crippen LogP contribution in [0.1, 0.15) is 19.3 Å². The highest BCUT2D eigenvalue weighted by atomic mass is 16.2. The van der Waals surface area contributed by atoms with Crippen LogP contribution >= 0.6 is 0 Å². The van der Waals surface area contributed by atoms with Crippen molar-refractivity contribution in [3.63, 3.8) is 0 Å². The van der Waals surface area contributed by atoms with Crippen molar-refractivity contribution in [2.45, 2.75) is 24.8 Å². The number of tetrazole rings is 1. The van der Waals surface area contributed by atoms with E-state index in [1.54, 1.807) is 11.7 Å². The summed E-state index contributed by atoms with van der Waals surface area (Å²) in [5.74, 6) is 0.518. The van der Waals surface area contributed by atoms with E-state index in [9.17, 15) is 4.79 Å². The molecule has 104 valence electrons. The Morgan fingerprint density at radius 3 is 2.85 bits per heavy atom. The van der Waals surface area contributed by atoms with Gasteiger partial charge in [-0.05, 0) is 41.8 Å². The van der Waals surface area contributed by atoms with Crippen molar-refractivity contribution in [1.29, 1.82) is 0 Å². The zero-order valence-electron chi connectivity index (χ0n) is 11.2. The maximum Gasteiger partial charge on any atom is 0.244 e. The average molecular weight is 272 g/mol. The number of carbonyl (C=O) groups is 1. The molecule has 7 nitrogen and oxygen atoms in total. The summed E-state index contributed by atoms with van der Waals surface area (Å²) < 4.78 is 1.58. The fourth-order valence-corrected chi connectivity index (χ4v) is 2.25. The van der Waals surface area contributed by atoms with Crippen LogP contribution in [0, 0.1) is 0 Å². The van der Waals surface area contributed by atoms with Gasteiger partial charge in [0.15, 0.2) is 5.82 Å². The number of aryl methyl sites for hydroxylation is 1. The molecular weight excluding hydrogens is 256 g/mol. The van der Waals surface area contributed by atoms with E-state index in [1.165, 1.54) is 0 Å². The normalized spacial score (nSPS) is 16.5. The van der Waals surface area contributed by atoms with Crippen LogP contribution in [-0.2, 0) is 11.8 Å². The van der Waals surface area contributed by atoms with Crippen molar-refractivity contribution in [3.05, 3.63) is 24.3 Å². The van der Waals surface area contributed by atoms with E-state index in [4.69, 9.17) is 5.73 Å². The third-order valence-electron chi connectivity index (χ3n) is 3.70. The molecule has 0 radical (unpaired) electrons. The van der Waals surface area contributed by atoms with Gasteiger partial charge in [0.25, 0.3) is 0 Å². The van der Waals surface area contributed by atoms with Crippen LogP contribution in [0.3, 0.4) is 0 Å². The van der Waals surface area contributed by atoms with Crippen LogP contribution in [0.4, 0.5) is 5.69 Å². The Morgan fingerprint density at radius 1 is 1.45 bits per heavy atom. The first kappa shape index (κ1) is 12.7. The average Bonchev–Trinajstić information content (AvgIpc) is 2.82. The first-order valence-corrected chi connectivity index (χ1v) is 6.52. The SMILES string of the molecule is Cn1nnnc1-c1cccc(NC(=O)C2(N)CCC2)c1. The predicted octanol–water partition coefficient (Wildman–Crippen LogP) is 0.697. The lowest BCUT2D eigenvalue weighted by Crippen LogP contribution is -2.56. The molecule has 2 aromatic rings. The fraction of sp³-hybridized carbons (Fsp3) is 0.385. The molecule has 0 unspecified atom stereocenters. The lowest BCUT2D eigenvalue weighted by molar-refractivity contribution is -0.123. The summed E-state index contributed by atoms with van der Waals surface area (Å²) in [4.78, 5) is 12.1. The quantitative estimate of drug-likeness (QED) is 0.856. The standard InChI is InChI=1S/C13H16N6O/c1-19-11(16-17-18-19)9-4-2-5-10(8-9)15-12(20)13(14)6-3-7-13/h2,4-5,8H,3,6-7,14H2,1H3,(H,15,20). The molecule has 7 heteroatoms. The molecule has 0 saturated heterocycles. The smallest absolute Gasteiger partial charge is 0.244 e. The van der Waals surface area contributed by atoms with Gasteiger partial charge in [0.2, 0.25) is 5.91 Å². The summed E-state index contributed by atoms with van der Waals surface area (Å²) in [7, 11) is 1.77. The number of nitrogens with zero attached hydrogens (tertiary/aromatic N) is 4. The fourth-order valence-electron chi connectivity index (χ4n) is 2.25. The Balaban J connectivity index is 1.81. The molecule has 0 spiro atoms. The monoisotopic (exact) mass is 272 g/mol. The topological polar surface area (TPSA) is 98.7 Å². The number of carbonyl (C=O) groups excluding carboxylic acids is 1. The molecule has 1 heterocycles. The van der Waals surface area contributed by atoms with E-state index in [-0.39, 0.29) is 5.91 Å². The molecule has 1 amide bonds.